The summed E-state index contributed by atoms with van der Waals surface area (Å²) in [7, 11) is 0. The molecule has 0 bridgehead atoms. The molecule has 1 aliphatic rings. The van der Waals surface area contributed by atoms with Crippen LogP contribution in [0.5, 0.6) is 0 Å². The van der Waals surface area contributed by atoms with Crippen LogP contribution in [0, 0.1) is 27.9 Å². The van der Waals surface area contributed by atoms with Crippen molar-refractivity contribution >= 4 is 29.2 Å². The van der Waals surface area contributed by atoms with Gasteiger partial charge in [0.1, 0.15) is 11.1 Å². The van der Waals surface area contributed by atoms with Gasteiger partial charge < -0.3 is 9.47 Å². The maximum atomic E-state index is 12.1. The molecule has 1 aromatic rings. The molecule has 1 saturated carbocycles. The van der Waals surface area contributed by atoms with Gasteiger partial charge in [0.25, 0.3) is 5.69 Å². The van der Waals surface area contributed by atoms with Crippen LogP contribution in [0.1, 0.15) is 50.4 Å². The molecule has 2 rings (SSSR count). The first-order valence-corrected chi connectivity index (χ1v) is 9.37. The molecule has 0 amide bonds. The molecule has 8 heteroatoms. The number of esters is 2. The van der Waals surface area contributed by atoms with Gasteiger partial charge in [0.2, 0.25) is 0 Å². The summed E-state index contributed by atoms with van der Waals surface area (Å²) < 4.78 is 10.5. The summed E-state index contributed by atoms with van der Waals surface area (Å²) in [4.78, 5) is 34.4. The molecule has 0 spiro atoms. The molecule has 0 heterocycles. The van der Waals surface area contributed by atoms with Gasteiger partial charge in [-0.15, -0.1) is 0 Å². The molecule has 1 aromatic carbocycles. The molecule has 0 radical (unpaired) electrons. The standard InChI is InChI=1S/C19H24ClNO6/c1-11(2)14-6-4-12(3)8-17(14)27-18(22)10-26-19(23)13-5-7-15(20)16(9-13)21(24)25/h5,7,9,11-12,14,17H,4,6,8,10H2,1-3H3. The Balaban J connectivity index is 1.93. The fourth-order valence-electron chi connectivity index (χ4n) is 3.44. The van der Waals surface area contributed by atoms with E-state index >= 15 is 0 Å². The van der Waals surface area contributed by atoms with Crippen molar-refractivity contribution in [2.24, 2.45) is 17.8 Å². The third-order valence-corrected chi connectivity index (χ3v) is 5.26. The number of nitro groups is 1. The van der Waals surface area contributed by atoms with Gasteiger partial charge in [0.05, 0.1) is 10.5 Å². The molecular formula is C19H24ClNO6. The number of hydrogen-bond acceptors (Lipinski definition) is 6. The predicted molar refractivity (Wildman–Crippen MR) is 99.6 cm³/mol. The maximum absolute atomic E-state index is 12.1. The third kappa shape index (κ3) is 5.66. The van der Waals surface area contributed by atoms with Crippen molar-refractivity contribution in [3.05, 3.63) is 38.9 Å². The van der Waals surface area contributed by atoms with E-state index in [2.05, 4.69) is 20.8 Å². The second-order valence-electron chi connectivity index (χ2n) is 7.35. The Labute approximate surface area is 163 Å². The molecule has 148 valence electrons. The van der Waals surface area contributed by atoms with E-state index in [9.17, 15) is 19.7 Å². The summed E-state index contributed by atoms with van der Waals surface area (Å²) in [6, 6.07) is 3.57. The normalized spacial score (nSPS) is 22.3. The number of carbonyl (C=O) groups is 2. The quantitative estimate of drug-likeness (QED) is 0.400. The van der Waals surface area contributed by atoms with E-state index < -0.39 is 29.2 Å². The Morgan fingerprint density at radius 2 is 2.04 bits per heavy atom. The largest absolute Gasteiger partial charge is 0.460 e. The minimum Gasteiger partial charge on any atom is -0.460 e. The molecule has 1 fully saturated rings. The van der Waals surface area contributed by atoms with Crippen molar-refractivity contribution in [3.8, 4) is 0 Å². The number of nitrogens with zero attached hydrogens (tertiary/aromatic N) is 1. The number of nitro benzene ring substituents is 1. The zero-order valence-corrected chi connectivity index (χ0v) is 16.4. The van der Waals surface area contributed by atoms with E-state index in [1.807, 2.05) is 0 Å². The molecule has 3 unspecified atom stereocenters. The Morgan fingerprint density at radius 3 is 2.67 bits per heavy atom. The van der Waals surface area contributed by atoms with Crippen molar-refractivity contribution in [1.29, 1.82) is 0 Å². The summed E-state index contributed by atoms with van der Waals surface area (Å²) in [6.45, 7) is 5.81. The number of hydrogen-bond donors (Lipinski definition) is 0. The van der Waals surface area contributed by atoms with Gasteiger partial charge in [0, 0.05) is 6.07 Å². The van der Waals surface area contributed by atoms with Crippen molar-refractivity contribution in [2.45, 2.75) is 46.1 Å². The van der Waals surface area contributed by atoms with Crippen LogP contribution in [0.25, 0.3) is 0 Å². The molecule has 0 saturated heterocycles. The summed E-state index contributed by atoms with van der Waals surface area (Å²) in [5.74, 6) is -0.289. The average Bonchev–Trinajstić information content (AvgIpc) is 2.59. The number of halogens is 1. The lowest BCUT2D eigenvalue weighted by Crippen LogP contribution is -2.36. The topological polar surface area (TPSA) is 95.7 Å². The second-order valence-corrected chi connectivity index (χ2v) is 7.76. The lowest BCUT2D eigenvalue weighted by atomic mass is 9.75. The molecule has 7 nitrogen and oxygen atoms in total. The Morgan fingerprint density at radius 1 is 1.33 bits per heavy atom. The lowest BCUT2D eigenvalue weighted by molar-refractivity contribution is -0.384. The molecule has 0 N–H and O–H groups in total. The van der Waals surface area contributed by atoms with Crippen LogP contribution >= 0.6 is 11.6 Å². The minimum atomic E-state index is -0.843. The highest BCUT2D eigenvalue weighted by molar-refractivity contribution is 6.32. The third-order valence-electron chi connectivity index (χ3n) is 4.94. The smallest absolute Gasteiger partial charge is 0.344 e. The SMILES string of the molecule is CC1CCC(C(C)C)C(OC(=O)COC(=O)c2ccc(Cl)c([N+](=O)[O-])c2)C1. The maximum Gasteiger partial charge on any atom is 0.344 e. The summed E-state index contributed by atoms with van der Waals surface area (Å²) in [5, 5.41) is 10.8. The van der Waals surface area contributed by atoms with Gasteiger partial charge in [-0.05, 0) is 42.7 Å². The van der Waals surface area contributed by atoms with Crippen LogP contribution in [0.3, 0.4) is 0 Å². The highest BCUT2D eigenvalue weighted by atomic mass is 35.5. The van der Waals surface area contributed by atoms with Crippen LogP contribution < -0.4 is 0 Å². The van der Waals surface area contributed by atoms with E-state index in [4.69, 9.17) is 21.1 Å². The molecule has 27 heavy (non-hydrogen) atoms. The van der Waals surface area contributed by atoms with Gasteiger partial charge in [-0.2, -0.15) is 0 Å². The van der Waals surface area contributed by atoms with Crippen LogP contribution in [-0.2, 0) is 14.3 Å². The summed E-state index contributed by atoms with van der Waals surface area (Å²) in [6.07, 6.45) is 2.73. The Bertz CT molecular complexity index is 720. The second kappa shape index (κ2) is 9.17. The zero-order valence-electron chi connectivity index (χ0n) is 15.6. The monoisotopic (exact) mass is 397 g/mol. The zero-order chi connectivity index (χ0) is 20.1. The van der Waals surface area contributed by atoms with Gasteiger partial charge in [0.15, 0.2) is 6.61 Å². The fraction of sp³-hybridized carbons (Fsp3) is 0.579. The van der Waals surface area contributed by atoms with Gasteiger partial charge in [-0.3, -0.25) is 10.1 Å². The number of rotatable bonds is 6. The van der Waals surface area contributed by atoms with Crippen LogP contribution in [0.4, 0.5) is 5.69 Å². The van der Waals surface area contributed by atoms with E-state index in [-0.39, 0.29) is 16.7 Å². The molecular weight excluding hydrogens is 374 g/mol. The van der Waals surface area contributed by atoms with Gasteiger partial charge in [-0.1, -0.05) is 38.8 Å². The molecule has 0 aliphatic heterocycles. The predicted octanol–water partition coefficient (Wildman–Crippen LogP) is 4.41. The first kappa shape index (κ1) is 21.2. The van der Waals surface area contributed by atoms with Crippen LogP contribution in [0.15, 0.2) is 18.2 Å². The van der Waals surface area contributed by atoms with Crippen molar-refractivity contribution in [1.82, 2.24) is 0 Å². The van der Waals surface area contributed by atoms with Crippen molar-refractivity contribution in [3.63, 3.8) is 0 Å². The first-order chi connectivity index (χ1) is 12.7. The van der Waals surface area contributed by atoms with Gasteiger partial charge in [-0.25, -0.2) is 9.59 Å². The summed E-state index contributed by atoms with van der Waals surface area (Å²) in [5.41, 5.74) is -0.449. The van der Waals surface area contributed by atoms with E-state index in [0.29, 0.717) is 17.8 Å². The van der Waals surface area contributed by atoms with E-state index in [0.717, 1.165) is 25.3 Å². The molecule has 0 aromatic heterocycles. The highest BCUT2D eigenvalue weighted by Gasteiger charge is 2.33. The van der Waals surface area contributed by atoms with E-state index in [1.54, 1.807) is 0 Å². The van der Waals surface area contributed by atoms with Crippen molar-refractivity contribution in [2.75, 3.05) is 6.61 Å². The van der Waals surface area contributed by atoms with Crippen LogP contribution in [-0.4, -0.2) is 29.6 Å². The average molecular weight is 398 g/mol. The Hall–Kier alpha value is -2.15. The number of ether oxygens (including phenoxy) is 2. The highest BCUT2D eigenvalue weighted by Crippen LogP contribution is 2.35. The van der Waals surface area contributed by atoms with Gasteiger partial charge >= 0.3 is 11.9 Å². The fourth-order valence-corrected chi connectivity index (χ4v) is 3.63. The van der Waals surface area contributed by atoms with E-state index in [1.165, 1.54) is 12.1 Å². The van der Waals surface area contributed by atoms with Crippen LogP contribution in [0.2, 0.25) is 5.02 Å². The van der Waals surface area contributed by atoms with Crippen molar-refractivity contribution < 1.29 is 24.0 Å². The first-order valence-electron chi connectivity index (χ1n) is 8.99. The lowest BCUT2D eigenvalue weighted by Gasteiger charge is -2.36. The summed E-state index contributed by atoms with van der Waals surface area (Å²) >= 11 is 5.71. The number of benzene rings is 1. The Kier molecular flexibility index (Phi) is 7.18. The molecule has 1 aliphatic carbocycles. The molecule has 3 atom stereocenters. The number of carbonyl (C=O) groups excluding carboxylic acids is 2. The minimum absolute atomic E-state index is 0.0507.